The lowest BCUT2D eigenvalue weighted by Gasteiger charge is -2.58. The van der Waals surface area contributed by atoms with Crippen molar-refractivity contribution >= 4 is 8.32 Å². The summed E-state index contributed by atoms with van der Waals surface area (Å²) in [5, 5.41) is 10.7. The molecule has 1 N–H and O–H groups in total. The molecule has 0 saturated heterocycles. The molecule has 1 unspecified atom stereocenters. The van der Waals surface area contributed by atoms with Crippen molar-refractivity contribution in [1.29, 1.82) is 0 Å². The highest BCUT2D eigenvalue weighted by molar-refractivity contribution is 6.74. The Kier molecular flexibility index (Phi) is 5.73. The van der Waals surface area contributed by atoms with Crippen LogP contribution in [0, 0.1) is 34.5 Å². The summed E-state index contributed by atoms with van der Waals surface area (Å²) in [5.41, 5.74) is 2.48. The molecule has 0 aliphatic heterocycles. The van der Waals surface area contributed by atoms with E-state index in [0.29, 0.717) is 22.9 Å². The molecule has 3 fully saturated rings. The SMILES string of the molecule is C[C@H](O)[C@H]1CC[C@H]2[C@@H]3CC=C4CC(O[Si](C)(C)C(C)(C)C)CC[C@]4(C)[C@H]3CC[C@]12C. The van der Waals surface area contributed by atoms with Gasteiger partial charge in [0.2, 0.25) is 0 Å². The third-order valence-corrected chi connectivity index (χ3v) is 15.5. The van der Waals surface area contributed by atoms with Crippen molar-refractivity contribution in [3.8, 4) is 0 Å². The van der Waals surface area contributed by atoms with Gasteiger partial charge in [-0.15, -0.1) is 0 Å². The Bertz CT molecular complexity index is 689. The lowest BCUT2D eigenvalue weighted by molar-refractivity contribution is -0.0669. The number of hydrogen-bond acceptors (Lipinski definition) is 2. The van der Waals surface area contributed by atoms with E-state index in [4.69, 9.17) is 4.43 Å². The molecule has 4 aliphatic rings. The first-order valence-electron chi connectivity index (χ1n) is 12.8. The van der Waals surface area contributed by atoms with E-state index in [-0.39, 0.29) is 11.1 Å². The molecule has 0 aromatic carbocycles. The smallest absolute Gasteiger partial charge is 0.192 e. The summed E-state index contributed by atoms with van der Waals surface area (Å²) in [4.78, 5) is 0. The second-order valence-corrected chi connectivity index (χ2v) is 18.2. The van der Waals surface area contributed by atoms with E-state index in [1.165, 1.54) is 51.4 Å². The highest BCUT2D eigenvalue weighted by Gasteiger charge is 2.59. The van der Waals surface area contributed by atoms with E-state index >= 15 is 0 Å². The van der Waals surface area contributed by atoms with E-state index in [1.54, 1.807) is 5.57 Å². The zero-order valence-corrected chi connectivity index (χ0v) is 22.1. The van der Waals surface area contributed by atoms with Crippen LogP contribution in [0.5, 0.6) is 0 Å². The summed E-state index contributed by atoms with van der Waals surface area (Å²) < 4.78 is 6.87. The number of fused-ring (bicyclic) bond motifs is 5. The van der Waals surface area contributed by atoms with E-state index in [1.807, 2.05) is 6.92 Å². The Morgan fingerprint density at radius 3 is 2.40 bits per heavy atom. The standard InChI is InChI=1S/C27H48O2Si/c1-18(28)22-11-12-23-21-10-9-19-17-20(29-30(7,8)25(2,3)4)13-15-26(19,5)24(21)14-16-27(22,23)6/h9,18,20-24,28H,10-17H2,1-8H3/t18-,20?,21-,22+,23-,24-,26-,27+/m0/s1. The van der Waals surface area contributed by atoms with E-state index < -0.39 is 8.32 Å². The molecule has 3 heteroatoms. The average molecular weight is 433 g/mol. The molecule has 0 heterocycles. The minimum absolute atomic E-state index is 0.148. The molecule has 172 valence electrons. The molecule has 0 bridgehead atoms. The van der Waals surface area contributed by atoms with Gasteiger partial charge in [-0.25, -0.2) is 0 Å². The van der Waals surface area contributed by atoms with Crippen LogP contribution in [0.15, 0.2) is 11.6 Å². The maximum absolute atomic E-state index is 10.4. The van der Waals surface area contributed by atoms with Crippen LogP contribution in [0.3, 0.4) is 0 Å². The molecule has 2 nitrogen and oxygen atoms in total. The highest BCUT2D eigenvalue weighted by Crippen LogP contribution is 2.66. The molecule has 0 aromatic heterocycles. The lowest BCUT2D eigenvalue weighted by atomic mass is 9.47. The van der Waals surface area contributed by atoms with Crippen LogP contribution in [-0.4, -0.2) is 25.6 Å². The van der Waals surface area contributed by atoms with Crippen LogP contribution >= 0.6 is 0 Å². The molecule has 0 spiro atoms. The largest absolute Gasteiger partial charge is 0.414 e. The van der Waals surface area contributed by atoms with E-state index in [2.05, 4.69) is 53.8 Å². The number of aliphatic hydroxyl groups is 1. The van der Waals surface area contributed by atoms with E-state index in [0.717, 1.165) is 17.8 Å². The summed E-state index contributed by atoms with van der Waals surface area (Å²) in [6, 6.07) is 0. The molecule has 0 aromatic rings. The minimum atomic E-state index is -1.70. The molecule has 0 amide bonds. The van der Waals surface area contributed by atoms with Crippen molar-refractivity contribution < 1.29 is 9.53 Å². The Morgan fingerprint density at radius 1 is 1.07 bits per heavy atom. The predicted molar refractivity (Wildman–Crippen MR) is 129 cm³/mol. The minimum Gasteiger partial charge on any atom is -0.414 e. The molecule has 4 rings (SSSR count). The number of hydrogen-bond donors (Lipinski definition) is 1. The quantitative estimate of drug-likeness (QED) is 0.373. The third kappa shape index (κ3) is 3.50. The molecular weight excluding hydrogens is 384 g/mol. The molecule has 8 atom stereocenters. The summed E-state index contributed by atoms with van der Waals surface area (Å²) in [5.74, 6) is 3.00. The second kappa shape index (κ2) is 7.45. The Balaban J connectivity index is 1.53. The number of rotatable bonds is 3. The van der Waals surface area contributed by atoms with Gasteiger partial charge in [-0.2, -0.15) is 0 Å². The molecule has 0 radical (unpaired) electrons. The molecule has 30 heavy (non-hydrogen) atoms. The van der Waals surface area contributed by atoms with Crippen LogP contribution in [0.4, 0.5) is 0 Å². The number of allylic oxidation sites excluding steroid dienone is 1. The Hall–Kier alpha value is -0.123. The van der Waals surface area contributed by atoms with Crippen LogP contribution < -0.4 is 0 Å². The molecular formula is C27H48O2Si. The van der Waals surface area contributed by atoms with Gasteiger partial charge in [0.25, 0.3) is 0 Å². The van der Waals surface area contributed by atoms with Gasteiger partial charge in [0.05, 0.1) is 6.10 Å². The van der Waals surface area contributed by atoms with Crippen LogP contribution in [0.2, 0.25) is 18.1 Å². The Labute approximate surface area is 187 Å². The highest BCUT2D eigenvalue weighted by atomic mass is 28.4. The van der Waals surface area contributed by atoms with Crippen molar-refractivity contribution in [2.75, 3.05) is 0 Å². The van der Waals surface area contributed by atoms with Gasteiger partial charge in [-0.05, 0) is 111 Å². The zero-order chi connectivity index (χ0) is 22.1. The predicted octanol–water partition coefficient (Wildman–Crippen LogP) is 7.34. The number of aliphatic hydroxyl groups excluding tert-OH is 1. The van der Waals surface area contributed by atoms with Crippen molar-refractivity contribution in [2.24, 2.45) is 34.5 Å². The molecule has 3 saturated carbocycles. The summed E-state index contributed by atoms with van der Waals surface area (Å²) in [7, 11) is -1.70. The molecule has 4 aliphatic carbocycles. The summed E-state index contributed by atoms with van der Waals surface area (Å²) >= 11 is 0. The van der Waals surface area contributed by atoms with Gasteiger partial charge in [-0.3, -0.25) is 0 Å². The van der Waals surface area contributed by atoms with Crippen LogP contribution in [0.25, 0.3) is 0 Å². The Morgan fingerprint density at radius 2 is 1.77 bits per heavy atom. The van der Waals surface area contributed by atoms with Crippen LogP contribution in [0.1, 0.15) is 92.9 Å². The van der Waals surface area contributed by atoms with Crippen molar-refractivity contribution in [1.82, 2.24) is 0 Å². The zero-order valence-electron chi connectivity index (χ0n) is 21.1. The normalized spacial score (nSPS) is 45.2. The van der Waals surface area contributed by atoms with Crippen LogP contribution in [-0.2, 0) is 4.43 Å². The van der Waals surface area contributed by atoms with Crippen molar-refractivity contribution in [3.05, 3.63) is 11.6 Å². The van der Waals surface area contributed by atoms with E-state index in [9.17, 15) is 5.11 Å². The first kappa shape index (κ1) is 23.0. The maximum Gasteiger partial charge on any atom is 0.192 e. The summed E-state index contributed by atoms with van der Waals surface area (Å²) in [6.45, 7) is 19.0. The first-order valence-corrected chi connectivity index (χ1v) is 15.8. The van der Waals surface area contributed by atoms with Gasteiger partial charge in [0.15, 0.2) is 8.32 Å². The summed E-state index contributed by atoms with van der Waals surface area (Å²) in [6.07, 6.45) is 13.2. The maximum atomic E-state index is 10.4. The third-order valence-electron chi connectivity index (χ3n) is 11.0. The van der Waals surface area contributed by atoms with Gasteiger partial charge in [-0.1, -0.05) is 46.3 Å². The average Bonchev–Trinajstić information content (AvgIpc) is 2.98. The lowest BCUT2D eigenvalue weighted by Crippen LogP contribution is -2.52. The van der Waals surface area contributed by atoms with Gasteiger partial charge >= 0.3 is 0 Å². The van der Waals surface area contributed by atoms with Crippen molar-refractivity contribution in [3.63, 3.8) is 0 Å². The second-order valence-electron chi connectivity index (χ2n) is 13.5. The van der Waals surface area contributed by atoms with Gasteiger partial charge in [0, 0.05) is 6.10 Å². The fraction of sp³-hybridized carbons (Fsp3) is 0.926. The van der Waals surface area contributed by atoms with Gasteiger partial charge in [0.1, 0.15) is 0 Å². The monoisotopic (exact) mass is 432 g/mol. The fourth-order valence-corrected chi connectivity index (χ4v) is 9.54. The van der Waals surface area contributed by atoms with Gasteiger partial charge < -0.3 is 9.53 Å². The topological polar surface area (TPSA) is 29.5 Å². The van der Waals surface area contributed by atoms with Crippen molar-refractivity contribution in [2.45, 2.75) is 123 Å². The first-order chi connectivity index (χ1) is 13.8. The fourth-order valence-electron chi connectivity index (χ4n) is 8.15.